The minimum absolute atomic E-state index is 0.274. The van der Waals surface area contributed by atoms with Crippen molar-refractivity contribution in [1.82, 2.24) is 9.97 Å². The standard InChI is InChI=1S/C20H15FN4/c21-16-10-8-14(9-11-16)18-19(17-7-4-12-22-13-23-17)25-20(24-18)15-5-2-1-3-6-15/h1-3,5-13H,4H2,(H,24,25). The second-order valence-electron chi connectivity index (χ2n) is 5.58. The highest BCUT2D eigenvalue weighted by Gasteiger charge is 2.17. The molecule has 0 atom stereocenters. The monoisotopic (exact) mass is 330 g/mol. The number of aromatic nitrogens is 2. The lowest BCUT2D eigenvalue weighted by molar-refractivity contribution is 0.628. The fourth-order valence-corrected chi connectivity index (χ4v) is 2.70. The normalized spacial score (nSPS) is 13.6. The molecule has 122 valence electrons. The summed E-state index contributed by atoms with van der Waals surface area (Å²) in [5, 5.41) is 0. The van der Waals surface area contributed by atoms with Gasteiger partial charge in [0.15, 0.2) is 0 Å². The van der Waals surface area contributed by atoms with E-state index in [1.807, 2.05) is 36.4 Å². The summed E-state index contributed by atoms with van der Waals surface area (Å²) in [5.41, 5.74) is 4.12. The van der Waals surface area contributed by atoms with Gasteiger partial charge in [0.25, 0.3) is 0 Å². The van der Waals surface area contributed by atoms with E-state index in [9.17, 15) is 4.39 Å². The fourth-order valence-electron chi connectivity index (χ4n) is 2.70. The fraction of sp³-hybridized carbons (Fsp3) is 0.0500. The average Bonchev–Trinajstić information content (AvgIpc) is 2.91. The lowest BCUT2D eigenvalue weighted by atomic mass is 10.1. The van der Waals surface area contributed by atoms with E-state index in [0.29, 0.717) is 6.42 Å². The molecule has 0 bridgehead atoms. The predicted molar refractivity (Wildman–Crippen MR) is 99.0 cm³/mol. The van der Waals surface area contributed by atoms with Gasteiger partial charge in [-0.15, -0.1) is 0 Å². The Hall–Kier alpha value is -3.34. The zero-order chi connectivity index (χ0) is 17.1. The van der Waals surface area contributed by atoms with Gasteiger partial charge in [0.05, 0.1) is 17.1 Å². The molecular weight excluding hydrogens is 315 g/mol. The maximum atomic E-state index is 13.3. The van der Waals surface area contributed by atoms with E-state index in [1.54, 1.807) is 18.3 Å². The maximum absolute atomic E-state index is 13.3. The van der Waals surface area contributed by atoms with Crippen LogP contribution in [0.5, 0.6) is 0 Å². The van der Waals surface area contributed by atoms with Crippen molar-refractivity contribution >= 4 is 18.3 Å². The van der Waals surface area contributed by atoms with Gasteiger partial charge in [-0.25, -0.2) is 19.4 Å². The van der Waals surface area contributed by atoms with Gasteiger partial charge in [0.1, 0.15) is 18.0 Å². The molecule has 1 aliphatic heterocycles. The van der Waals surface area contributed by atoms with Crippen LogP contribution in [0.3, 0.4) is 0 Å². The van der Waals surface area contributed by atoms with Crippen LogP contribution in [-0.2, 0) is 0 Å². The van der Waals surface area contributed by atoms with E-state index in [4.69, 9.17) is 4.98 Å². The Kier molecular flexibility index (Phi) is 4.04. The van der Waals surface area contributed by atoms with E-state index in [0.717, 1.165) is 34.0 Å². The number of halogens is 1. The Balaban J connectivity index is 1.87. The number of hydrogen-bond acceptors (Lipinski definition) is 3. The van der Waals surface area contributed by atoms with Crippen molar-refractivity contribution in [3.63, 3.8) is 0 Å². The molecule has 0 fully saturated rings. The molecule has 0 saturated heterocycles. The first-order valence-electron chi connectivity index (χ1n) is 7.97. The van der Waals surface area contributed by atoms with Crippen LogP contribution in [0.2, 0.25) is 0 Å². The highest BCUT2D eigenvalue weighted by atomic mass is 19.1. The first-order chi connectivity index (χ1) is 12.3. The molecule has 4 rings (SSSR count). The number of aliphatic imine (C=N–C) groups is 2. The molecule has 0 radical (unpaired) electrons. The minimum Gasteiger partial charge on any atom is -0.336 e. The highest BCUT2D eigenvalue weighted by molar-refractivity contribution is 5.86. The SMILES string of the molecule is Fc1ccc(-c2nc(-c3ccccc3)[nH]c2C2=CCC=NC=N2)cc1. The van der Waals surface area contributed by atoms with Crippen LogP contribution in [0.4, 0.5) is 4.39 Å². The Labute approximate surface area is 144 Å². The van der Waals surface area contributed by atoms with E-state index in [1.165, 1.54) is 18.5 Å². The summed E-state index contributed by atoms with van der Waals surface area (Å²) in [6, 6.07) is 16.2. The molecule has 0 amide bonds. The van der Waals surface area contributed by atoms with Crippen LogP contribution in [-0.4, -0.2) is 22.5 Å². The van der Waals surface area contributed by atoms with Gasteiger partial charge < -0.3 is 4.98 Å². The van der Waals surface area contributed by atoms with Crippen LogP contribution in [0, 0.1) is 5.82 Å². The second kappa shape index (κ2) is 6.65. The van der Waals surface area contributed by atoms with Crippen molar-refractivity contribution in [3.8, 4) is 22.6 Å². The number of benzene rings is 2. The van der Waals surface area contributed by atoms with Gasteiger partial charge in [-0.05, 0) is 24.3 Å². The summed E-state index contributed by atoms with van der Waals surface area (Å²) in [4.78, 5) is 16.6. The number of H-pyrrole nitrogens is 1. The Morgan fingerprint density at radius 2 is 1.72 bits per heavy atom. The predicted octanol–water partition coefficient (Wildman–Crippen LogP) is 4.73. The van der Waals surface area contributed by atoms with Crippen molar-refractivity contribution in [1.29, 1.82) is 0 Å². The first kappa shape index (κ1) is 15.2. The largest absolute Gasteiger partial charge is 0.336 e. The lowest BCUT2D eigenvalue weighted by Gasteiger charge is -2.03. The van der Waals surface area contributed by atoms with Crippen molar-refractivity contribution in [3.05, 3.63) is 72.2 Å². The molecule has 1 N–H and O–H groups in total. The molecule has 3 aromatic rings. The summed E-state index contributed by atoms with van der Waals surface area (Å²) in [6.07, 6.45) is 6.00. The summed E-state index contributed by atoms with van der Waals surface area (Å²) < 4.78 is 13.3. The van der Waals surface area contributed by atoms with Crippen LogP contribution in [0.15, 0.2) is 70.7 Å². The molecule has 25 heavy (non-hydrogen) atoms. The Bertz CT molecular complexity index is 967. The molecule has 2 heterocycles. The molecule has 0 spiro atoms. The van der Waals surface area contributed by atoms with Crippen LogP contribution < -0.4 is 0 Å². The van der Waals surface area contributed by atoms with E-state index >= 15 is 0 Å². The molecule has 5 heteroatoms. The molecule has 0 saturated carbocycles. The average molecular weight is 330 g/mol. The summed E-state index contributed by atoms with van der Waals surface area (Å²) in [7, 11) is 0. The third kappa shape index (κ3) is 3.17. The van der Waals surface area contributed by atoms with E-state index < -0.39 is 0 Å². The van der Waals surface area contributed by atoms with E-state index in [2.05, 4.69) is 15.0 Å². The third-order valence-electron chi connectivity index (χ3n) is 3.91. The first-order valence-corrected chi connectivity index (χ1v) is 7.97. The van der Waals surface area contributed by atoms with Crippen molar-refractivity contribution in [2.75, 3.05) is 0 Å². The Morgan fingerprint density at radius 1 is 0.920 bits per heavy atom. The topological polar surface area (TPSA) is 53.4 Å². The summed E-state index contributed by atoms with van der Waals surface area (Å²) in [6.45, 7) is 0. The molecular formula is C20H15FN4. The van der Waals surface area contributed by atoms with Crippen molar-refractivity contribution < 1.29 is 4.39 Å². The molecule has 4 nitrogen and oxygen atoms in total. The quantitative estimate of drug-likeness (QED) is 0.742. The molecule has 2 aromatic carbocycles. The Morgan fingerprint density at radius 3 is 2.52 bits per heavy atom. The minimum atomic E-state index is -0.274. The van der Waals surface area contributed by atoms with Gasteiger partial charge in [0.2, 0.25) is 0 Å². The van der Waals surface area contributed by atoms with Gasteiger partial charge >= 0.3 is 0 Å². The molecule has 0 aliphatic carbocycles. The van der Waals surface area contributed by atoms with Crippen LogP contribution >= 0.6 is 0 Å². The number of nitrogens with one attached hydrogen (secondary N) is 1. The number of nitrogens with zero attached hydrogens (tertiary/aromatic N) is 3. The zero-order valence-electron chi connectivity index (χ0n) is 13.4. The zero-order valence-corrected chi connectivity index (χ0v) is 13.4. The lowest BCUT2D eigenvalue weighted by Crippen LogP contribution is -1.88. The van der Waals surface area contributed by atoms with Crippen molar-refractivity contribution in [2.45, 2.75) is 6.42 Å². The van der Waals surface area contributed by atoms with Gasteiger partial charge in [-0.3, -0.25) is 0 Å². The number of aromatic amines is 1. The number of imidazole rings is 1. The highest BCUT2D eigenvalue weighted by Crippen LogP contribution is 2.31. The third-order valence-corrected chi connectivity index (χ3v) is 3.91. The van der Waals surface area contributed by atoms with E-state index in [-0.39, 0.29) is 5.82 Å². The van der Waals surface area contributed by atoms with Crippen LogP contribution in [0.1, 0.15) is 12.1 Å². The number of hydrogen-bond donors (Lipinski definition) is 1. The molecule has 0 unspecified atom stereocenters. The molecule has 1 aliphatic rings. The molecule has 1 aromatic heterocycles. The number of rotatable bonds is 3. The second-order valence-corrected chi connectivity index (χ2v) is 5.58. The van der Waals surface area contributed by atoms with Gasteiger partial charge in [0, 0.05) is 23.8 Å². The van der Waals surface area contributed by atoms with Gasteiger partial charge in [-0.2, -0.15) is 0 Å². The summed E-state index contributed by atoms with van der Waals surface area (Å²) >= 11 is 0. The van der Waals surface area contributed by atoms with Crippen molar-refractivity contribution in [2.24, 2.45) is 9.98 Å². The van der Waals surface area contributed by atoms with Gasteiger partial charge in [-0.1, -0.05) is 36.4 Å². The summed E-state index contributed by atoms with van der Waals surface area (Å²) in [5.74, 6) is 0.473. The number of allylic oxidation sites excluding steroid dienone is 1. The maximum Gasteiger partial charge on any atom is 0.138 e. The van der Waals surface area contributed by atoms with Crippen LogP contribution in [0.25, 0.3) is 28.3 Å². The smallest absolute Gasteiger partial charge is 0.138 e.